The number of hydrogen-bond donors (Lipinski definition) is 1. The van der Waals surface area contributed by atoms with Crippen LogP contribution >= 0.6 is 24.8 Å². The summed E-state index contributed by atoms with van der Waals surface area (Å²) in [6.07, 6.45) is 0.935. The van der Waals surface area contributed by atoms with Gasteiger partial charge in [0.1, 0.15) is 0 Å². The summed E-state index contributed by atoms with van der Waals surface area (Å²) < 4.78 is 5.82. The second-order valence-corrected chi connectivity index (χ2v) is 5.31. The lowest BCUT2D eigenvalue weighted by atomic mass is 10.1. The Morgan fingerprint density at radius 3 is 2.54 bits per heavy atom. The number of carbonyl (C=O) groups excluding carboxylic acids is 1. The van der Waals surface area contributed by atoms with E-state index in [0.29, 0.717) is 25.3 Å². The summed E-state index contributed by atoms with van der Waals surface area (Å²) in [5.41, 5.74) is 1.87. The molecule has 2 aromatic rings. The van der Waals surface area contributed by atoms with E-state index in [1.165, 1.54) is 0 Å². The van der Waals surface area contributed by atoms with Crippen molar-refractivity contribution in [3.05, 3.63) is 41.9 Å². The molecule has 0 bridgehead atoms. The van der Waals surface area contributed by atoms with Crippen LogP contribution in [0.4, 0.5) is 0 Å². The normalized spacial score (nSPS) is 9.79. The Bertz CT molecular complexity index is 618. The summed E-state index contributed by atoms with van der Waals surface area (Å²) in [5, 5.41) is 3.03. The molecule has 24 heavy (non-hydrogen) atoms. The highest BCUT2D eigenvalue weighted by Gasteiger charge is 2.14. The molecule has 0 saturated carbocycles. The van der Waals surface area contributed by atoms with Crippen LogP contribution in [0.15, 0.2) is 34.7 Å². The number of nitrogens with one attached hydrogen (secondary N) is 1. The van der Waals surface area contributed by atoms with Gasteiger partial charge in [0.25, 0.3) is 0 Å². The van der Waals surface area contributed by atoms with Crippen molar-refractivity contribution in [2.75, 3.05) is 27.2 Å². The number of aromatic nitrogens is 1. The molecule has 1 aromatic carbocycles. The molecule has 0 fully saturated rings. The van der Waals surface area contributed by atoms with E-state index in [4.69, 9.17) is 4.42 Å². The SMILES string of the molecule is CNCCN(C)C(=O)CCc1nc(C)c(-c2ccccc2)o1.Cl.Cl. The highest BCUT2D eigenvalue weighted by molar-refractivity contribution is 5.85. The van der Waals surface area contributed by atoms with E-state index in [-0.39, 0.29) is 30.7 Å². The average Bonchev–Trinajstić information content (AvgIpc) is 2.92. The number of amides is 1. The molecule has 0 radical (unpaired) electrons. The van der Waals surface area contributed by atoms with Crippen molar-refractivity contribution in [1.82, 2.24) is 15.2 Å². The fourth-order valence-electron chi connectivity index (χ4n) is 2.23. The van der Waals surface area contributed by atoms with Crippen LogP contribution in [0.2, 0.25) is 0 Å². The van der Waals surface area contributed by atoms with Gasteiger partial charge in [-0.15, -0.1) is 24.8 Å². The molecule has 134 valence electrons. The number of aryl methyl sites for hydroxylation is 2. The molecule has 1 amide bonds. The predicted octanol–water partition coefficient (Wildman–Crippen LogP) is 3.10. The Labute approximate surface area is 155 Å². The van der Waals surface area contributed by atoms with Crippen LogP contribution in [0.5, 0.6) is 0 Å². The summed E-state index contributed by atoms with van der Waals surface area (Å²) >= 11 is 0. The molecule has 0 spiro atoms. The summed E-state index contributed by atoms with van der Waals surface area (Å²) in [6, 6.07) is 9.89. The van der Waals surface area contributed by atoms with Crippen LogP contribution in [-0.2, 0) is 11.2 Å². The number of likely N-dealkylation sites (N-methyl/N-ethyl adjacent to an activating group) is 2. The molecule has 0 saturated heterocycles. The molecule has 2 rings (SSSR count). The first kappa shape index (κ1) is 22.4. The first-order chi connectivity index (χ1) is 10.6. The third-order valence-electron chi connectivity index (χ3n) is 3.55. The maximum absolute atomic E-state index is 12.0. The van der Waals surface area contributed by atoms with E-state index in [2.05, 4.69) is 10.3 Å². The molecule has 7 heteroatoms. The van der Waals surface area contributed by atoms with Crippen molar-refractivity contribution in [2.24, 2.45) is 0 Å². The smallest absolute Gasteiger partial charge is 0.222 e. The Hall–Kier alpha value is -1.56. The van der Waals surface area contributed by atoms with Crippen LogP contribution < -0.4 is 5.32 Å². The van der Waals surface area contributed by atoms with E-state index in [1.807, 2.05) is 51.4 Å². The molecular weight excluding hydrogens is 349 g/mol. The fourth-order valence-corrected chi connectivity index (χ4v) is 2.23. The van der Waals surface area contributed by atoms with Crippen molar-refractivity contribution in [1.29, 1.82) is 0 Å². The van der Waals surface area contributed by atoms with Crippen LogP contribution in [-0.4, -0.2) is 43.0 Å². The van der Waals surface area contributed by atoms with E-state index < -0.39 is 0 Å². The van der Waals surface area contributed by atoms with E-state index in [1.54, 1.807) is 4.90 Å². The fraction of sp³-hybridized carbons (Fsp3) is 0.412. The molecule has 0 aliphatic carbocycles. The summed E-state index contributed by atoms with van der Waals surface area (Å²) in [4.78, 5) is 18.2. The number of benzene rings is 1. The third kappa shape index (κ3) is 6.15. The molecule has 5 nitrogen and oxygen atoms in total. The zero-order chi connectivity index (χ0) is 15.9. The van der Waals surface area contributed by atoms with Crippen molar-refractivity contribution >= 4 is 30.7 Å². The monoisotopic (exact) mass is 373 g/mol. The van der Waals surface area contributed by atoms with Gasteiger partial charge in [0.05, 0.1) is 5.69 Å². The molecule has 0 aliphatic heterocycles. The quantitative estimate of drug-likeness (QED) is 0.809. The number of nitrogens with zero attached hydrogens (tertiary/aromatic N) is 2. The Morgan fingerprint density at radius 1 is 1.25 bits per heavy atom. The Kier molecular flexibility index (Phi) is 10.4. The maximum atomic E-state index is 12.0. The van der Waals surface area contributed by atoms with Crippen LogP contribution in [0.25, 0.3) is 11.3 Å². The second-order valence-electron chi connectivity index (χ2n) is 5.31. The third-order valence-corrected chi connectivity index (χ3v) is 3.55. The van der Waals surface area contributed by atoms with Crippen molar-refractivity contribution in [3.8, 4) is 11.3 Å². The lowest BCUT2D eigenvalue weighted by Crippen LogP contribution is -2.32. The summed E-state index contributed by atoms with van der Waals surface area (Å²) in [5.74, 6) is 1.51. The van der Waals surface area contributed by atoms with Gasteiger partial charge in [-0.1, -0.05) is 30.3 Å². The van der Waals surface area contributed by atoms with E-state index >= 15 is 0 Å². The number of halogens is 2. The standard InChI is InChI=1S/C17H23N3O2.2ClH/c1-13-17(14-7-5-4-6-8-14)22-15(19-13)9-10-16(21)20(3)12-11-18-2;;/h4-8,18H,9-12H2,1-3H3;2*1H. The minimum Gasteiger partial charge on any atom is -0.440 e. The number of carbonyl (C=O) groups is 1. The minimum atomic E-state index is 0. The van der Waals surface area contributed by atoms with Crippen LogP contribution in [0.1, 0.15) is 18.0 Å². The topological polar surface area (TPSA) is 58.4 Å². The number of hydrogen-bond acceptors (Lipinski definition) is 4. The Balaban J connectivity index is 0.00000264. The van der Waals surface area contributed by atoms with Crippen molar-refractivity contribution in [3.63, 3.8) is 0 Å². The van der Waals surface area contributed by atoms with Gasteiger partial charge in [-0.2, -0.15) is 0 Å². The zero-order valence-electron chi connectivity index (χ0n) is 14.2. The van der Waals surface area contributed by atoms with Crippen LogP contribution in [0, 0.1) is 6.92 Å². The van der Waals surface area contributed by atoms with Crippen molar-refractivity contribution in [2.45, 2.75) is 19.8 Å². The highest BCUT2D eigenvalue weighted by atomic mass is 35.5. The molecule has 0 atom stereocenters. The zero-order valence-corrected chi connectivity index (χ0v) is 15.9. The van der Waals surface area contributed by atoms with Gasteiger partial charge >= 0.3 is 0 Å². The Morgan fingerprint density at radius 2 is 1.92 bits per heavy atom. The van der Waals surface area contributed by atoms with Gasteiger partial charge in [0.15, 0.2) is 11.7 Å². The average molecular weight is 374 g/mol. The van der Waals surface area contributed by atoms with Crippen molar-refractivity contribution < 1.29 is 9.21 Å². The van der Waals surface area contributed by atoms with Gasteiger partial charge in [-0.05, 0) is 14.0 Å². The minimum absolute atomic E-state index is 0. The predicted molar refractivity (Wildman–Crippen MR) is 101 cm³/mol. The molecule has 1 N–H and O–H groups in total. The first-order valence-electron chi connectivity index (χ1n) is 7.52. The van der Waals surface area contributed by atoms with E-state index in [9.17, 15) is 4.79 Å². The van der Waals surface area contributed by atoms with Gasteiger partial charge in [-0.3, -0.25) is 4.79 Å². The van der Waals surface area contributed by atoms with E-state index in [0.717, 1.165) is 23.6 Å². The lowest BCUT2D eigenvalue weighted by molar-refractivity contribution is -0.129. The maximum Gasteiger partial charge on any atom is 0.222 e. The van der Waals surface area contributed by atoms with Crippen LogP contribution in [0.3, 0.4) is 0 Å². The number of oxazole rings is 1. The lowest BCUT2D eigenvalue weighted by Gasteiger charge is -2.16. The first-order valence-corrected chi connectivity index (χ1v) is 7.52. The summed E-state index contributed by atoms with van der Waals surface area (Å²) in [7, 11) is 3.69. The second kappa shape index (κ2) is 11.1. The van der Waals surface area contributed by atoms with Gasteiger partial charge in [0, 0.05) is 38.5 Å². The van der Waals surface area contributed by atoms with Gasteiger partial charge in [-0.25, -0.2) is 4.98 Å². The largest absolute Gasteiger partial charge is 0.440 e. The molecule has 1 heterocycles. The van der Waals surface area contributed by atoms with Gasteiger partial charge < -0.3 is 14.6 Å². The molecule has 1 aromatic heterocycles. The summed E-state index contributed by atoms with van der Waals surface area (Å²) in [6.45, 7) is 3.42. The molecular formula is C17H25Cl2N3O2. The number of rotatable bonds is 7. The highest BCUT2D eigenvalue weighted by Crippen LogP contribution is 2.24. The molecule has 0 aliphatic rings. The molecule has 0 unspecified atom stereocenters. The van der Waals surface area contributed by atoms with Gasteiger partial charge in [0.2, 0.25) is 5.91 Å².